The molecule has 0 amide bonds. The molecule has 0 fully saturated rings. The number of fused-ring (bicyclic) bond motifs is 9. The van der Waals surface area contributed by atoms with Crippen LogP contribution in [0.5, 0.6) is 0 Å². The Bertz CT molecular complexity index is 1840. The zero-order chi connectivity index (χ0) is 28.2. The van der Waals surface area contributed by atoms with Gasteiger partial charge in [0.25, 0.3) is 0 Å². The number of hydrogen-bond donors (Lipinski definition) is 1. The summed E-state index contributed by atoms with van der Waals surface area (Å²) in [6.45, 7) is 8.07. The predicted octanol–water partition coefficient (Wildman–Crippen LogP) is 9.01. The van der Waals surface area contributed by atoms with E-state index in [9.17, 15) is 9.90 Å². The molecule has 3 heterocycles. The van der Waals surface area contributed by atoms with Crippen molar-refractivity contribution in [1.29, 1.82) is 0 Å². The predicted molar refractivity (Wildman–Crippen MR) is 166 cm³/mol. The summed E-state index contributed by atoms with van der Waals surface area (Å²) < 4.78 is 2.18. The van der Waals surface area contributed by atoms with E-state index in [0.717, 1.165) is 47.5 Å². The zero-order valence-electron chi connectivity index (χ0n) is 24.0. The summed E-state index contributed by atoms with van der Waals surface area (Å²) in [5.41, 5.74) is 2.13. The number of pyridine rings is 2. The molecule has 0 saturated heterocycles. The van der Waals surface area contributed by atoms with Gasteiger partial charge in [-0.1, -0.05) is 80.3 Å². The van der Waals surface area contributed by atoms with Gasteiger partial charge in [0, 0.05) is 61.3 Å². The number of ketones is 1. The van der Waals surface area contributed by atoms with Crippen molar-refractivity contribution in [2.75, 3.05) is 0 Å². The molecule has 3 aromatic carbocycles. The average molecular weight is 723 g/mol. The minimum absolute atomic E-state index is 0. The Kier molecular flexibility index (Phi) is 9.90. The maximum Gasteiger partial charge on any atom is 0.162 e. The first kappa shape index (κ1) is 30.4. The first-order valence-corrected chi connectivity index (χ1v) is 14.3. The van der Waals surface area contributed by atoms with Crippen molar-refractivity contribution in [2.24, 2.45) is 11.8 Å². The normalized spacial score (nSPS) is 11.9. The number of benzene rings is 3. The van der Waals surface area contributed by atoms with Crippen LogP contribution in [0.1, 0.15) is 53.4 Å². The molecule has 0 aliphatic rings. The van der Waals surface area contributed by atoms with Crippen LogP contribution < -0.4 is 0 Å². The fourth-order valence-corrected chi connectivity index (χ4v) is 5.63. The number of aromatic nitrogens is 3. The van der Waals surface area contributed by atoms with E-state index in [-0.39, 0.29) is 43.5 Å². The van der Waals surface area contributed by atoms with Crippen molar-refractivity contribution in [3.8, 4) is 0 Å². The van der Waals surface area contributed by atoms with Crippen LogP contribution >= 0.6 is 0 Å². The third kappa shape index (κ3) is 5.91. The second-order valence-corrected chi connectivity index (χ2v) is 10.3. The summed E-state index contributed by atoms with van der Waals surface area (Å²) >= 11 is 0. The van der Waals surface area contributed by atoms with Crippen LogP contribution in [-0.2, 0) is 24.9 Å². The fraction of sp³-hybridized carbons (Fsp3) is 0.286. The second kappa shape index (κ2) is 13.4. The molecule has 0 aliphatic heterocycles. The van der Waals surface area contributed by atoms with E-state index in [2.05, 4.69) is 62.9 Å². The molecular formula is C35H36IrN3O2-. The monoisotopic (exact) mass is 723 g/mol. The number of aliphatic hydroxyl groups is 1. The van der Waals surface area contributed by atoms with E-state index < -0.39 is 0 Å². The van der Waals surface area contributed by atoms with Gasteiger partial charge in [-0.3, -0.25) is 14.8 Å². The topological polar surface area (TPSA) is 67.5 Å². The number of hydrogen-bond acceptors (Lipinski definition) is 4. The van der Waals surface area contributed by atoms with Crippen LogP contribution in [0, 0.1) is 17.9 Å². The number of imidazole rings is 1. The molecule has 0 bridgehead atoms. The van der Waals surface area contributed by atoms with Gasteiger partial charge < -0.3 is 9.51 Å². The Morgan fingerprint density at radius 2 is 1.63 bits per heavy atom. The van der Waals surface area contributed by atoms with E-state index in [1.807, 2.05) is 58.5 Å². The second-order valence-electron chi connectivity index (χ2n) is 10.3. The number of rotatable bonds is 7. The summed E-state index contributed by atoms with van der Waals surface area (Å²) in [5.74, 6) is 0.547. The van der Waals surface area contributed by atoms with Crippen molar-refractivity contribution in [3.63, 3.8) is 0 Å². The molecule has 5 nitrogen and oxygen atoms in total. The number of nitrogens with zero attached hydrogens (tertiary/aromatic N) is 3. The molecular weight excluding hydrogens is 687 g/mol. The van der Waals surface area contributed by atoms with Gasteiger partial charge in [-0.25, -0.2) is 0 Å². The molecule has 0 atom stereocenters. The quantitative estimate of drug-likeness (QED) is 0.0588. The Balaban J connectivity index is 0.000000212. The van der Waals surface area contributed by atoms with Crippen LogP contribution in [-0.4, -0.2) is 25.3 Å². The maximum atomic E-state index is 11.7. The van der Waals surface area contributed by atoms with Gasteiger partial charge in [0.15, 0.2) is 5.78 Å². The summed E-state index contributed by atoms with van der Waals surface area (Å²) in [4.78, 5) is 20.6. The van der Waals surface area contributed by atoms with E-state index in [4.69, 9.17) is 0 Å². The molecule has 3 aromatic heterocycles. The molecule has 6 rings (SSSR count). The zero-order valence-corrected chi connectivity index (χ0v) is 26.4. The van der Waals surface area contributed by atoms with Crippen molar-refractivity contribution in [1.82, 2.24) is 14.4 Å². The van der Waals surface area contributed by atoms with Gasteiger partial charge in [-0.05, 0) is 48.8 Å². The third-order valence-corrected chi connectivity index (χ3v) is 8.06. The summed E-state index contributed by atoms with van der Waals surface area (Å²) in [6.07, 6.45) is 12.5. The van der Waals surface area contributed by atoms with E-state index >= 15 is 0 Å². The van der Waals surface area contributed by atoms with Crippen LogP contribution in [0.2, 0.25) is 0 Å². The van der Waals surface area contributed by atoms with Gasteiger partial charge in [-0.15, -0.1) is 23.6 Å². The molecule has 1 radical (unpaired) electrons. The van der Waals surface area contributed by atoms with E-state index in [1.165, 1.54) is 33.1 Å². The minimum Gasteiger partial charge on any atom is -0.512 e. The Morgan fingerprint density at radius 3 is 2.37 bits per heavy atom. The molecule has 6 heteroatoms. The minimum atomic E-state index is 0. The van der Waals surface area contributed by atoms with Crippen LogP contribution in [0.15, 0.2) is 85.2 Å². The Labute approximate surface area is 254 Å². The van der Waals surface area contributed by atoms with E-state index in [1.54, 1.807) is 0 Å². The molecule has 41 heavy (non-hydrogen) atoms. The maximum absolute atomic E-state index is 11.7. The SMILES string of the molecule is CCC(CC)C(=O)/C=C(\O)C(CC)CC.[Ir].[c-]1c2ccncc2cc2c1c1nccn1c1c3ccccc3ccc21. The number of aliphatic hydroxyl groups excluding tert-OH is 1. The summed E-state index contributed by atoms with van der Waals surface area (Å²) in [5, 5.41) is 17.8. The van der Waals surface area contributed by atoms with Crippen LogP contribution in [0.25, 0.3) is 48.9 Å². The Hall–Kier alpha value is -3.60. The number of carbonyl (C=O) groups excluding carboxylic acids is 1. The first-order valence-electron chi connectivity index (χ1n) is 14.3. The molecule has 0 spiro atoms. The van der Waals surface area contributed by atoms with Gasteiger partial charge in [0.2, 0.25) is 0 Å². The first-order chi connectivity index (χ1) is 19.5. The molecule has 6 aromatic rings. The van der Waals surface area contributed by atoms with Crippen molar-refractivity contribution >= 4 is 54.7 Å². The van der Waals surface area contributed by atoms with Gasteiger partial charge in [0.1, 0.15) is 0 Å². The van der Waals surface area contributed by atoms with Gasteiger partial charge in [-0.2, -0.15) is 0 Å². The Morgan fingerprint density at radius 1 is 0.902 bits per heavy atom. The average Bonchev–Trinajstić information content (AvgIpc) is 3.48. The third-order valence-electron chi connectivity index (χ3n) is 8.06. The smallest absolute Gasteiger partial charge is 0.162 e. The number of allylic oxidation sites excluding steroid dienone is 2. The molecule has 213 valence electrons. The molecule has 1 N–H and O–H groups in total. The van der Waals surface area contributed by atoms with Crippen molar-refractivity contribution < 1.29 is 30.0 Å². The van der Waals surface area contributed by atoms with Crippen LogP contribution in [0.3, 0.4) is 0 Å². The largest absolute Gasteiger partial charge is 0.512 e. The van der Waals surface area contributed by atoms with Gasteiger partial charge >= 0.3 is 0 Å². The summed E-state index contributed by atoms with van der Waals surface area (Å²) in [6, 6.07) is 20.6. The van der Waals surface area contributed by atoms with Gasteiger partial charge in [0.05, 0.1) is 11.4 Å². The molecule has 0 unspecified atom stereocenters. The molecule has 0 aliphatic carbocycles. The number of carbonyl (C=O) groups is 1. The van der Waals surface area contributed by atoms with Crippen molar-refractivity contribution in [3.05, 3.63) is 91.2 Å². The van der Waals surface area contributed by atoms with Crippen LogP contribution in [0.4, 0.5) is 0 Å². The van der Waals surface area contributed by atoms with Crippen molar-refractivity contribution in [2.45, 2.75) is 53.4 Å². The summed E-state index contributed by atoms with van der Waals surface area (Å²) in [7, 11) is 0. The fourth-order valence-electron chi connectivity index (χ4n) is 5.63. The van der Waals surface area contributed by atoms with E-state index in [0.29, 0.717) is 0 Å². The molecule has 0 saturated carbocycles. The standard InChI is InChI=1S/C22H12N3.C13H24O2.Ir/c1-2-4-17-14(3-1)5-6-18-19-12-16-13-23-8-7-15(16)11-20(19)22-24-9-10-25(22)21(17)18;1-5-10(6-2)12(14)9-13(15)11(7-3)8-4;/h1-10,12-13H;9-11,14H,5-8H2,1-4H3;/q-1;;/b;12-9-;.